The average molecular weight is 266 g/mol. The number of ether oxygens (including phenoxy) is 1. The minimum Gasteiger partial charge on any atom is -0.375 e. The van der Waals surface area contributed by atoms with Gasteiger partial charge in [-0.3, -0.25) is 4.79 Å². The van der Waals surface area contributed by atoms with E-state index >= 15 is 0 Å². The van der Waals surface area contributed by atoms with Crippen molar-refractivity contribution in [1.29, 1.82) is 0 Å². The molecule has 4 heteroatoms. The van der Waals surface area contributed by atoms with Crippen LogP contribution in [0, 0.1) is 5.92 Å². The Morgan fingerprint density at radius 1 is 1.11 bits per heavy atom. The second-order valence-corrected chi connectivity index (χ2v) is 6.54. The quantitative estimate of drug-likeness (QED) is 0.721. The summed E-state index contributed by atoms with van der Waals surface area (Å²) in [5.74, 6) is 0.666. The minimum atomic E-state index is 0.152. The Labute approximate surface area is 116 Å². The molecule has 108 valence electrons. The summed E-state index contributed by atoms with van der Waals surface area (Å²) in [7, 11) is 2.13. The summed E-state index contributed by atoms with van der Waals surface area (Å²) in [5, 5.41) is 0. The molecule has 0 N–H and O–H groups in total. The molecule has 3 rings (SSSR count). The Morgan fingerprint density at radius 3 is 2.37 bits per heavy atom. The Hall–Kier alpha value is -0.610. The molecule has 3 aliphatic rings. The fourth-order valence-electron chi connectivity index (χ4n) is 3.83. The van der Waals surface area contributed by atoms with Crippen LogP contribution in [0.1, 0.15) is 38.5 Å². The second kappa shape index (κ2) is 5.41. The Balaban J connectivity index is 1.52. The maximum atomic E-state index is 12.5. The zero-order chi connectivity index (χ0) is 13.3. The van der Waals surface area contributed by atoms with Crippen molar-refractivity contribution in [3.63, 3.8) is 0 Å². The van der Waals surface area contributed by atoms with E-state index in [1.165, 1.54) is 12.8 Å². The first-order valence-electron chi connectivity index (χ1n) is 7.80. The Kier molecular flexibility index (Phi) is 3.81. The molecule has 0 aromatic rings. The molecule has 0 aromatic heterocycles. The molecule has 1 spiro atoms. The van der Waals surface area contributed by atoms with E-state index in [-0.39, 0.29) is 11.5 Å². The van der Waals surface area contributed by atoms with Crippen molar-refractivity contribution in [2.75, 3.05) is 39.8 Å². The molecule has 1 aliphatic carbocycles. The van der Waals surface area contributed by atoms with Crippen molar-refractivity contribution >= 4 is 5.91 Å². The number of nitrogens with zero attached hydrogens (tertiary/aromatic N) is 2. The number of likely N-dealkylation sites (N-methyl/N-ethyl adjacent to an activating group) is 1. The van der Waals surface area contributed by atoms with Crippen LogP contribution in [0.2, 0.25) is 0 Å². The highest BCUT2D eigenvalue weighted by molar-refractivity contribution is 5.79. The van der Waals surface area contributed by atoms with Crippen LogP contribution in [0.4, 0.5) is 0 Å². The maximum absolute atomic E-state index is 12.5. The van der Waals surface area contributed by atoms with E-state index < -0.39 is 0 Å². The van der Waals surface area contributed by atoms with Crippen LogP contribution < -0.4 is 0 Å². The highest BCUT2D eigenvalue weighted by Crippen LogP contribution is 2.41. The number of hydrogen-bond donors (Lipinski definition) is 0. The molecule has 0 radical (unpaired) electrons. The van der Waals surface area contributed by atoms with Crippen LogP contribution in [0.15, 0.2) is 0 Å². The molecule has 0 aromatic carbocycles. The fraction of sp³-hybridized carbons (Fsp3) is 0.933. The van der Waals surface area contributed by atoms with E-state index in [0.717, 1.165) is 58.5 Å². The first-order chi connectivity index (χ1) is 9.19. The Bertz CT molecular complexity index is 321. The summed E-state index contributed by atoms with van der Waals surface area (Å²) in [4.78, 5) is 16.9. The monoisotopic (exact) mass is 266 g/mol. The summed E-state index contributed by atoms with van der Waals surface area (Å²) >= 11 is 0. The molecule has 2 heterocycles. The van der Waals surface area contributed by atoms with Crippen molar-refractivity contribution in [2.24, 2.45) is 5.92 Å². The van der Waals surface area contributed by atoms with Gasteiger partial charge >= 0.3 is 0 Å². The van der Waals surface area contributed by atoms with E-state index in [1.54, 1.807) is 0 Å². The largest absolute Gasteiger partial charge is 0.375 e. The zero-order valence-corrected chi connectivity index (χ0v) is 12.1. The van der Waals surface area contributed by atoms with E-state index in [4.69, 9.17) is 4.74 Å². The van der Waals surface area contributed by atoms with E-state index in [0.29, 0.717) is 5.91 Å². The third-order valence-corrected chi connectivity index (χ3v) is 5.25. The lowest BCUT2D eigenvalue weighted by Crippen LogP contribution is -2.50. The van der Waals surface area contributed by atoms with E-state index in [9.17, 15) is 4.79 Å². The molecule has 19 heavy (non-hydrogen) atoms. The van der Waals surface area contributed by atoms with Gasteiger partial charge in [-0.2, -0.15) is 0 Å². The van der Waals surface area contributed by atoms with Gasteiger partial charge in [0.2, 0.25) is 5.91 Å². The van der Waals surface area contributed by atoms with Gasteiger partial charge in [0.15, 0.2) is 0 Å². The van der Waals surface area contributed by atoms with E-state index in [2.05, 4.69) is 16.8 Å². The van der Waals surface area contributed by atoms with Crippen molar-refractivity contribution < 1.29 is 9.53 Å². The molecule has 2 saturated heterocycles. The molecule has 3 fully saturated rings. The van der Waals surface area contributed by atoms with Crippen LogP contribution >= 0.6 is 0 Å². The van der Waals surface area contributed by atoms with Crippen LogP contribution in [-0.4, -0.2) is 61.1 Å². The van der Waals surface area contributed by atoms with Gasteiger partial charge in [-0.1, -0.05) is 0 Å². The lowest BCUT2D eigenvalue weighted by molar-refractivity contribution is -0.140. The lowest BCUT2D eigenvalue weighted by Gasteiger charge is -2.39. The first kappa shape index (κ1) is 13.4. The highest BCUT2D eigenvalue weighted by atomic mass is 16.5. The molecule has 0 unspecified atom stereocenters. The molecule has 4 nitrogen and oxygen atoms in total. The number of carbonyl (C=O) groups is 1. The van der Waals surface area contributed by atoms with Crippen LogP contribution in [-0.2, 0) is 9.53 Å². The van der Waals surface area contributed by atoms with Gasteiger partial charge in [0.25, 0.3) is 0 Å². The summed E-state index contributed by atoms with van der Waals surface area (Å²) in [6.07, 6.45) is 6.67. The molecule has 1 amide bonds. The van der Waals surface area contributed by atoms with Crippen LogP contribution in [0.5, 0.6) is 0 Å². The van der Waals surface area contributed by atoms with Gasteiger partial charge in [0, 0.05) is 38.7 Å². The number of hydrogen-bond acceptors (Lipinski definition) is 3. The predicted molar refractivity (Wildman–Crippen MR) is 74.0 cm³/mol. The van der Waals surface area contributed by atoms with Crippen LogP contribution in [0.25, 0.3) is 0 Å². The lowest BCUT2D eigenvalue weighted by atomic mass is 9.77. The predicted octanol–water partition coefficient (Wildman–Crippen LogP) is 1.50. The summed E-state index contributed by atoms with van der Waals surface area (Å²) in [5.41, 5.74) is 0.152. The molecule has 1 saturated carbocycles. The maximum Gasteiger partial charge on any atom is 0.225 e. The smallest absolute Gasteiger partial charge is 0.225 e. The van der Waals surface area contributed by atoms with Gasteiger partial charge in [-0.15, -0.1) is 0 Å². The standard InChI is InChI=1S/C15H26N2O2/c1-16-8-10-17(11-9-16)14(18)13-3-6-15(7-4-13)5-2-12-19-15/h13H,2-12H2,1H3/t13-,15+. The van der Waals surface area contributed by atoms with Gasteiger partial charge in [-0.05, 0) is 45.6 Å². The van der Waals surface area contributed by atoms with Gasteiger partial charge in [-0.25, -0.2) is 0 Å². The van der Waals surface area contributed by atoms with Crippen LogP contribution in [0.3, 0.4) is 0 Å². The van der Waals surface area contributed by atoms with Crippen molar-refractivity contribution in [3.8, 4) is 0 Å². The highest BCUT2D eigenvalue weighted by Gasteiger charge is 2.41. The number of carbonyl (C=O) groups excluding carboxylic acids is 1. The summed E-state index contributed by atoms with van der Waals surface area (Å²) in [6.45, 7) is 4.79. The van der Waals surface area contributed by atoms with Crippen molar-refractivity contribution in [2.45, 2.75) is 44.1 Å². The molecule has 0 bridgehead atoms. The van der Waals surface area contributed by atoms with Gasteiger partial charge in [0.1, 0.15) is 0 Å². The third-order valence-electron chi connectivity index (χ3n) is 5.25. The molecule has 2 aliphatic heterocycles. The van der Waals surface area contributed by atoms with E-state index in [1.807, 2.05) is 0 Å². The van der Waals surface area contributed by atoms with Gasteiger partial charge < -0.3 is 14.5 Å². The second-order valence-electron chi connectivity index (χ2n) is 6.54. The number of rotatable bonds is 1. The first-order valence-corrected chi connectivity index (χ1v) is 7.80. The SMILES string of the molecule is CN1CCN(C(=O)[C@H]2CC[C@]3(CCCO3)CC2)CC1. The average Bonchev–Trinajstić information content (AvgIpc) is 2.88. The molecular weight excluding hydrogens is 240 g/mol. The minimum absolute atomic E-state index is 0.152. The molecule has 0 atom stereocenters. The number of piperazine rings is 1. The van der Waals surface area contributed by atoms with Crippen molar-refractivity contribution in [3.05, 3.63) is 0 Å². The third kappa shape index (κ3) is 2.79. The number of amides is 1. The van der Waals surface area contributed by atoms with Crippen molar-refractivity contribution in [1.82, 2.24) is 9.80 Å². The van der Waals surface area contributed by atoms with Gasteiger partial charge in [0.05, 0.1) is 5.60 Å². The Morgan fingerprint density at radius 2 is 1.79 bits per heavy atom. The molecular formula is C15H26N2O2. The topological polar surface area (TPSA) is 32.8 Å². The zero-order valence-electron chi connectivity index (χ0n) is 12.1. The summed E-state index contributed by atoms with van der Waals surface area (Å²) in [6, 6.07) is 0. The fourth-order valence-corrected chi connectivity index (χ4v) is 3.83. The normalized spacial score (nSPS) is 36.9. The summed E-state index contributed by atoms with van der Waals surface area (Å²) < 4.78 is 5.94.